The zero-order valence-corrected chi connectivity index (χ0v) is 19.7. The molecule has 4 rings (SSSR count). The average Bonchev–Trinajstić information content (AvgIpc) is 3.24. The highest BCUT2D eigenvalue weighted by molar-refractivity contribution is 7.89. The summed E-state index contributed by atoms with van der Waals surface area (Å²) < 4.78 is 38.8. The first-order valence-corrected chi connectivity index (χ1v) is 12.7. The van der Waals surface area contributed by atoms with Crippen molar-refractivity contribution < 1.29 is 22.7 Å². The van der Waals surface area contributed by atoms with Gasteiger partial charge in [0.05, 0.1) is 23.8 Å². The highest BCUT2D eigenvalue weighted by atomic mass is 32.2. The lowest BCUT2D eigenvalue weighted by Gasteiger charge is -2.26. The van der Waals surface area contributed by atoms with Crippen molar-refractivity contribution in [3.05, 3.63) is 76.5 Å². The molecule has 1 aromatic heterocycles. The molecule has 172 valence electrons. The largest absolute Gasteiger partial charge is 0.455 e. The molecule has 0 aliphatic carbocycles. The number of nitrogens with zero attached hydrogens (tertiary/aromatic N) is 1. The number of anilines is 1. The molecule has 2 heterocycles. The van der Waals surface area contributed by atoms with Crippen LogP contribution in [0.1, 0.15) is 10.4 Å². The van der Waals surface area contributed by atoms with Gasteiger partial charge in [-0.25, -0.2) is 8.42 Å². The van der Waals surface area contributed by atoms with Gasteiger partial charge >= 0.3 is 0 Å². The van der Waals surface area contributed by atoms with Crippen LogP contribution < -0.4 is 10.1 Å². The molecule has 0 bridgehead atoms. The second-order valence-corrected chi connectivity index (χ2v) is 10.3. The number of thiophene rings is 1. The Hall–Kier alpha value is -2.98. The summed E-state index contributed by atoms with van der Waals surface area (Å²) in [6.07, 6.45) is 3.16. The van der Waals surface area contributed by atoms with E-state index in [1.54, 1.807) is 24.3 Å². The molecule has 1 aliphatic heterocycles. The Kier molecular flexibility index (Phi) is 7.24. The standard InChI is InChI=1S/C24H24N2O5S2/c1-18-11-16-32-23(18)9-10-24(27)25-21-17-20(33(28,29)26-12-14-30-15-13-26)7-8-22(21)31-19-5-3-2-4-6-19/h2-11,16-17H,12-15H2,1H3,(H,25,27)/b10-9+. The minimum absolute atomic E-state index is 0.0817. The highest BCUT2D eigenvalue weighted by Gasteiger charge is 2.27. The molecule has 0 unspecified atom stereocenters. The van der Waals surface area contributed by atoms with Crippen LogP contribution in [-0.4, -0.2) is 44.9 Å². The van der Waals surface area contributed by atoms with E-state index in [1.165, 1.54) is 33.9 Å². The SMILES string of the molecule is Cc1ccsc1/C=C/C(=O)Nc1cc(S(=O)(=O)N2CCOCC2)ccc1Oc1ccccc1. The normalized spacial score (nSPS) is 14.9. The second-order valence-electron chi connectivity index (χ2n) is 7.38. The van der Waals surface area contributed by atoms with Crippen LogP contribution in [0.5, 0.6) is 11.5 Å². The number of carbonyl (C=O) groups is 1. The minimum Gasteiger partial charge on any atom is -0.455 e. The van der Waals surface area contributed by atoms with Gasteiger partial charge in [-0.3, -0.25) is 4.79 Å². The van der Waals surface area contributed by atoms with Crippen LogP contribution in [0.15, 0.2) is 70.9 Å². The van der Waals surface area contributed by atoms with Crippen molar-refractivity contribution in [2.24, 2.45) is 0 Å². The van der Waals surface area contributed by atoms with E-state index in [9.17, 15) is 13.2 Å². The molecule has 0 atom stereocenters. The highest BCUT2D eigenvalue weighted by Crippen LogP contribution is 2.33. The van der Waals surface area contributed by atoms with Crippen molar-refractivity contribution in [3.8, 4) is 11.5 Å². The van der Waals surface area contributed by atoms with Crippen LogP contribution in [0.2, 0.25) is 0 Å². The maximum Gasteiger partial charge on any atom is 0.248 e. The van der Waals surface area contributed by atoms with Gasteiger partial charge in [0, 0.05) is 24.0 Å². The summed E-state index contributed by atoms with van der Waals surface area (Å²) in [4.78, 5) is 13.7. The lowest BCUT2D eigenvalue weighted by atomic mass is 10.2. The van der Waals surface area contributed by atoms with E-state index in [0.29, 0.717) is 24.7 Å². The summed E-state index contributed by atoms with van der Waals surface area (Å²) >= 11 is 1.54. The van der Waals surface area contributed by atoms with Crippen LogP contribution in [0.25, 0.3) is 6.08 Å². The minimum atomic E-state index is -3.73. The number of hydrogen-bond donors (Lipinski definition) is 1. The summed E-state index contributed by atoms with van der Waals surface area (Å²) in [6.45, 7) is 3.25. The van der Waals surface area contributed by atoms with E-state index in [4.69, 9.17) is 9.47 Å². The molecule has 1 N–H and O–H groups in total. The van der Waals surface area contributed by atoms with Crippen molar-refractivity contribution in [1.82, 2.24) is 4.31 Å². The Morgan fingerprint density at radius 2 is 1.88 bits per heavy atom. The van der Waals surface area contributed by atoms with Crippen LogP contribution in [0.3, 0.4) is 0 Å². The molecular weight excluding hydrogens is 460 g/mol. The molecular formula is C24H24N2O5S2. The topological polar surface area (TPSA) is 84.9 Å². The van der Waals surface area contributed by atoms with Crippen molar-refractivity contribution in [2.45, 2.75) is 11.8 Å². The van der Waals surface area contributed by atoms with Gasteiger partial charge in [-0.2, -0.15) is 4.31 Å². The number of sulfonamides is 1. The fraction of sp³-hybridized carbons (Fsp3) is 0.208. The number of para-hydroxylation sites is 1. The lowest BCUT2D eigenvalue weighted by Crippen LogP contribution is -2.40. The van der Waals surface area contributed by atoms with Gasteiger partial charge in [-0.1, -0.05) is 18.2 Å². The first-order valence-electron chi connectivity index (χ1n) is 10.4. The lowest BCUT2D eigenvalue weighted by molar-refractivity contribution is -0.111. The number of aryl methyl sites for hydroxylation is 1. The summed E-state index contributed by atoms with van der Waals surface area (Å²) in [5.74, 6) is 0.527. The third-order valence-electron chi connectivity index (χ3n) is 5.08. The summed E-state index contributed by atoms with van der Waals surface area (Å²) in [5, 5.41) is 4.73. The van der Waals surface area contributed by atoms with E-state index in [2.05, 4.69) is 5.32 Å². The van der Waals surface area contributed by atoms with Crippen LogP contribution in [-0.2, 0) is 19.6 Å². The molecule has 0 spiro atoms. The molecule has 3 aromatic rings. The third-order valence-corrected chi connectivity index (χ3v) is 7.95. The molecule has 1 aliphatic rings. The van der Waals surface area contributed by atoms with Gasteiger partial charge in [0.2, 0.25) is 15.9 Å². The average molecular weight is 485 g/mol. The smallest absolute Gasteiger partial charge is 0.248 e. The van der Waals surface area contributed by atoms with Crippen LogP contribution in [0.4, 0.5) is 5.69 Å². The molecule has 1 amide bonds. The number of morpholine rings is 1. The van der Waals surface area contributed by atoms with Gasteiger partial charge < -0.3 is 14.8 Å². The Bertz CT molecular complexity index is 1250. The number of amides is 1. The quantitative estimate of drug-likeness (QED) is 0.499. The monoisotopic (exact) mass is 484 g/mol. The predicted molar refractivity (Wildman–Crippen MR) is 129 cm³/mol. The van der Waals surface area contributed by atoms with Crippen molar-refractivity contribution in [3.63, 3.8) is 0 Å². The van der Waals surface area contributed by atoms with Gasteiger partial charge in [0.15, 0.2) is 5.75 Å². The van der Waals surface area contributed by atoms with Gasteiger partial charge in [-0.05, 0) is 60.3 Å². The number of rotatable bonds is 7. The first kappa shape index (κ1) is 23.2. The Morgan fingerprint density at radius 3 is 2.58 bits per heavy atom. The van der Waals surface area contributed by atoms with Gasteiger partial charge in [0.25, 0.3) is 0 Å². The molecule has 33 heavy (non-hydrogen) atoms. The Balaban J connectivity index is 1.63. The van der Waals surface area contributed by atoms with Crippen molar-refractivity contribution >= 4 is 39.0 Å². The first-order chi connectivity index (χ1) is 15.9. The number of ether oxygens (including phenoxy) is 2. The van der Waals surface area contributed by atoms with Crippen LogP contribution >= 0.6 is 11.3 Å². The van der Waals surface area contributed by atoms with Gasteiger partial charge in [-0.15, -0.1) is 11.3 Å². The molecule has 0 saturated carbocycles. The fourth-order valence-corrected chi connectivity index (χ4v) is 5.54. The van der Waals surface area contributed by atoms with E-state index in [-0.39, 0.29) is 29.6 Å². The molecule has 7 nitrogen and oxygen atoms in total. The van der Waals surface area contributed by atoms with Crippen LogP contribution in [0, 0.1) is 6.92 Å². The maximum atomic E-state index is 13.1. The third kappa shape index (κ3) is 5.69. The van der Waals surface area contributed by atoms with Crippen molar-refractivity contribution in [1.29, 1.82) is 0 Å². The maximum absolute atomic E-state index is 13.1. The number of carbonyl (C=O) groups excluding carboxylic acids is 1. The van der Waals surface area contributed by atoms with E-state index in [1.807, 2.05) is 36.6 Å². The number of nitrogens with one attached hydrogen (secondary N) is 1. The van der Waals surface area contributed by atoms with E-state index in [0.717, 1.165) is 10.4 Å². The summed E-state index contributed by atoms with van der Waals surface area (Å²) in [5.41, 5.74) is 1.35. The summed E-state index contributed by atoms with van der Waals surface area (Å²) in [7, 11) is -3.73. The van der Waals surface area contributed by atoms with E-state index >= 15 is 0 Å². The Labute approximate surface area is 197 Å². The second kappa shape index (κ2) is 10.3. The zero-order chi connectivity index (χ0) is 23.3. The molecule has 2 aromatic carbocycles. The molecule has 0 radical (unpaired) electrons. The Morgan fingerprint density at radius 1 is 1.12 bits per heavy atom. The molecule has 9 heteroatoms. The predicted octanol–water partition coefficient (Wildman–Crippen LogP) is 4.52. The zero-order valence-electron chi connectivity index (χ0n) is 18.1. The van der Waals surface area contributed by atoms with Gasteiger partial charge in [0.1, 0.15) is 5.75 Å². The molecule has 1 saturated heterocycles. The van der Waals surface area contributed by atoms with Crippen molar-refractivity contribution in [2.75, 3.05) is 31.6 Å². The molecule has 1 fully saturated rings. The fourth-order valence-electron chi connectivity index (χ4n) is 3.29. The summed E-state index contributed by atoms with van der Waals surface area (Å²) in [6, 6.07) is 15.6. The number of hydrogen-bond acceptors (Lipinski definition) is 6. The van der Waals surface area contributed by atoms with E-state index < -0.39 is 10.0 Å². The number of benzene rings is 2.